The summed E-state index contributed by atoms with van der Waals surface area (Å²) in [6.45, 7) is 7.05. The average molecular weight is 175 g/mol. The van der Waals surface area contributed by atoms with E-state index in [2.05, 4.69) is 19.2 Å². The Morgan fingerprint density at radius 2 is 2.17 bits per heavy atom. The van der Waals surface area contributed by atoms with Gasteiger partial charge in [-0.3, -0.25) is 0 Å². The molecule has 0 fully saturated rings. The van der Waals surface area contributed by atoms with Crippen LogP contribution in [0.3, 0.4) is 0 Å². The van der Waals surface area contributed by atoms with Crippen molar-refractivity contribution in [1.82, 2.24) is 5.32 Å². The van der Waals surface area contributed by atoms with Gasteiger partial charge >= 0.3 is 0 Å². The molecule has 0 spiro atoms. The van der Waals surface area contributed by atoms with Crippen LogP contribution in [-0.4, -0.2) is 37.0 Å². The van der Waals surface area contributed by atoms with E-state index in [1.165, 1.54) is 0 Å². The number of hydrogen-bond acceptors (Lipinski definition) is 3. The zero-order valence-electron chi connectivity index (χ0n) is 8.55. The monoisotopic (exact) mass is 175 g/mol. The Morgan fingerprint density at radius 3 is 2.50 bits per heavy atom. The predicted octanol–water partition coefficient (Wildman–Crippen LogP) is 0.772. The molecule has 12 heavy (non-hydrogen) atoms. The number of rotatable bonds is 6. The molecule has 2 atom stereocenters. The summed E-state index contributed by atoms with van der Waals surface area (Å²) in [5.41, 5.74) is -0.108. The van der Waals surface area contributed by atoms with Crippen LogP contribution in [0.5, 0.6) is 0 Å². The Bertz CT molecular complexity index is 113. The Morgan fingerprint density at radius 1 is 1.58 bits per heavy atom. The molecule has 2 N–H and O–H groups in total. The molecule has 0 aliphatic heterocycles. The van der Waals surface area contributed by atoms with Gasteiger partial charge < -0.3 is 15.2 Å². The first kappa shape index (κ1) is 11.9. The van der Waals surface area contributed by atoms with Gasteiger partial charge in [-0.2, -0.15) is 0 Å². The third-order valence-corrected chi connectivity index (χ3v) is 2.34. The molecule has 0 aliphatic rings. The van der Waals surface area contributed by atoms with E-state index in [-0.39, 0.29) is 18.2 Å². The Labute approximate surface area is 75.1 Å². The number of methoxy groups -OCH3 is 1. The lowest BCUT2D eigenvalue weighted by molar-refractivity contribution is 0.000769. The van der Waals surface area contributed by atoms with Crippen LogP contribution in [0.2, 0.25) is 0 Å². The molecule has 0 amide bonds. The van der Waals surface area contributed by atoms with Gasteiger partial charge in [-0.25, -0.2) is 0 Å². The van der Waals surface area contributed by atoms with Crippen molar-refractivity contribution < 1.29 is 9.84 Å². The highest BCUT2D eigenvalue weighted by Crippen LogP contribution is 2.12. The van der Waals surface area contributed by atoms with Crippen LogP contribution in [0, 0.1) is 0 Å². The maximum Gasteiger partial charge on any atom is 0.0772 e. The quantitative estimate of drug-likeness (QED) is 0.626. The molecule has 0 aromatic heterocycles. The van der Waals surface area contributed by atoms with Gasteiger partial charge in [0.05, 0.1) is 12.2 Å². The fourth-order valence-electron chi connectivity index (χ4n) is 0.796. The minimum atomic E-state index is -0.108. The van der Waals surface area contributed by atoms with Gasteiger partial charge in [-0.1, -0.05) is 6.92 Å². The van der Waals surface area contributed by atoms with Crippen LogP contribution in [0.25, 0.3) is 0 Å². The van der Waals surface area contributed by atoms with Crippen LogP contribution in [0.4, 0.5) is 0 Å². The molecule has 3 nitrogen and oxygen atoms in total. The summed E-state index contributed by atoms with van der Waals surface area (Å²) in [7, 11) is 1.72. The van der Waals surface area contributed by atoms with Crippen molar-refractivity contribution in [2.24, 2.45) is 0 Å². The van der Waals surface area contributed by atoms with E-state index >= 15 is 0 Å². The number of ether oxygens (including phenoxy) is 1. The minimum Gasteiger partial charge on any atom is -0.395 e. The molecule has 2 unspecified atom stereocenters. The van der Waals surface area contributed by atoms with E-state index in [1.807, 2.05) is 6.92 Å². The number of aliphatic hydroxyl groups excluding tert-OH is 1. The van der Waals surface area contributed by atoms with Crippen LogP contribution < -0.4 is 5.32 Å². The van der Waals surface area contributed by atoms with Crippen molar-refractivity contribution in [2.45, 2.75) is 38.8 Å². The van der Waals surface area contributed by atoms with Gasteiger partial charge in [-0.05, 0) is 20.3 Å². The summed E-state index contributed by atoms with van der Waals surface area (Å²) in [5.74, 6) is 0. The highest BCUT2D eigenvalue weighted by Gasteiger charge is 2.20. The Kier molecular flexibility index (Phi) is 5.46. The van der Waals surface area contributed by atoms with Gasteiger partial charge in [0.1, 0.15) is 0 Å². The first-order valence-electron chi connectivity index (χ1n) is 4.47. The van der Waals surface area contributed by atoms with Crippen LogP contribution in [-0.2, 0) is 4.74 Å². The van der Waals surface area contributed by atoms with Crippen LogP contribution in [0.15, 0.2) is 0 Å². The summed E-state index contributed by atoms with van der Waals surface area (Å²) in [6.07, 6.45) is 0.967. The third kappa shape index (κ3) is 4.04. The zero-order chi connectivity index (χ0) is 9.61. The van der Waals surface area contributed by atoms with E-state index in [4.69, 9.17) is 9.84 Å². The lowest BCUT2D eigenvalue weighted by atomic mass is 10.0. The molecule has 0 rings (SSSR count). The van der Waals surface area contributed by atoms with Crippen molar-refractivity contribution in [3.05, 3.63) is 0 Å². The van der Waals surface area contributed by atoms with Crippen LogP contribution >= 0.6 is 0 Å². The second kappa shape index (κ2) is 5.51. The van der Waals surface area contributed by atoms with Crippen LogP contribution in [0.1, 0.15) is 27.2 Å². The number of aliphatic hydroxyl groups is 1. The average Bonchev–Trinajstić information content (AvgIpc) is 2.13. The molecule has 0 saturated heterocycles. The lowest BCUT2D eigenvalue weighted by Crippen LogP contribution is -2.43. The number of nitrogens with one attached hydrogen (secondary N) is 1. The van der Waals surface area contributed by atoms with Crippen molar-refractivity contribution >= 4 is 0 Å². The predicted molar refractivity (Wildman–Crippen MR) is 50.3 cm³/mol. The maximum absolute atomic E-state index is 8.77. The lowest BCUT2D eigenvalue weighted by Gasteiger charge is -2.28. The van der Waals surface area contributed by atoms with Gasteiger partial charge in [-0.15, -0.1) is 0 Å². The largest absolute Gasteiger partial charge is 0.395 e. The fourth-order valence-corrected chi connectivity index (χ4v) is 0.796. The Hall–Kier alpha value is -0.120. The maximum atomic E-state index is 8.77. The van der Waals surface area contributed by atoms with E-state index in [9.17, 15) is 0 Å². The molecule has 0 bridgehead atoms. The van der Waals surface area contributed by atoms with Crippen molar-refractivity contribution in [3.63, 3.8) is 0 Å². The second-order valence-electron chi connectivity index (χ2n) is 3.47. The van der Waals surface area contributed by atoms with Crippen molar-refractivity contribution in [2.75, 3.05) is 20.3 Å². The normalized spacial score (nSPS) is 18.8. The molecular formula is C9H21NO2. The van der Waals surface area contributed by atoms with Gasteiger partial charge in [0.2, 0.25) is 0 Å². The zero-order valence-corrected chi connectivity index (χ0v) is 8.55. The molecule has 0 aliphatic carbocycles. The van der Waals surface area contributed by atoms with E-state index in [0.717, 1.165) is 13.0 Å². The van der Waals surface area contributed by atoms with E-state index in [0.29, 0.717) is 0 Å². The van der Waals surface area contributed by atoms with Crippen molar-refractivity contribution in [1.29, 1.82) is 0 Å². The second-order valence-corrected chi connectivity index (χ2v) is 3.47. The first-order valence-corrected chi connectivity index (χ1v) is 4.47. The Balaban J connectivity index is 3.72. The molecule has 0 saturated carbocycles. The molecule has 0 aromatic carbocycles. The molecular weight excluding hydrogens is 154 g/mol. The van der Waals surface area contributed by atoms with Gasteiger partial charge in [0.15, 0.2) is 0 Å². The summed E-state index contributed by atoms with van der Waals surface area (Å²) in [6, 6.07) is 0.144. The molecule has 74 valence electrons. The summed E-state index contributed by atoms with van der Waals surface area (Å²) < 4.78 is 5.34. The SMILES string of the molecule is CCC(C)(CNC(C)CO)OC. The van der Waals surface area contributed by atoms with E-state index in [1.54, 1.807) is 7.11 Å². The third-order valence-electron chi connectivity index (χ3n) is 2.34. The van der Waals surface area contributed by atoms with Gasteiger partial charge in [0.25, 0.3) is 0 Å². The van der Waals surface area contributed by atoms with Gasteiger partial charge in [0, 0.05) is 19.7 Å². The first-order chi connectivity index (χ1) is 5.58. The molecule has 3 heteroatoms. The smallest absolute Gasteiger partial charge is 0.0772 e. The standard InChI is InChI=1S/C9H21NO2/c1-5-9(3,12-4)7-10-8(2)6-11/h8,10-11H,5-7H2,1-4H3. The topological polar surface area (TPSA) is 41.5 Å². The molecule has 0 radical (unpaired) electrons. The number of hydrogen-bond donors (Lipinski definition) is 2. The van der Waals surface area contributed by atoms with Crippen molar-refractivity contribution in [3.8, 4) is 0 Å². The summed E-state index contributed by atoms with van der Waals surface area (Å²) in [5, 5.41) is 12.0. The molecule has 0 heterocycles. The fraction of sp³-hybridized carbons (Fsp3) is 1.00. The summed E-state index contributed by atoms with van der Waals surface area (Å²) >= 11 is 0. The highest BCUT2D eigenvalue weighted by molar-refractivity contribution is 4.77. The summed E-state index contributed by atoms with van der Waals surface area (Å²) in [4.78, 5) is 0. The minimum absolute atomic E-state index is 0.108. The van der Waals surface area contributed by atoms with E-state index < -0.39 is 0 Å². The molecule has 0 aromatic rings. The highest BCUT2D eigenvalue weighted by atomic mass is 16.5.